The lowest BCUT2D eigenvalue weighted by atomic mass is 10.1. The van der Waals surface area contributed by atoms with Crippen LogP contribution in [0.15, 0.2) is 12.1 Å². The van der Waals surface area contributed by atoms with Gasteiger partial charge < -0.3 is 0 Å². The topological polar surface area (TPSA) is 92.3 Å². The van der Waals surface area contributed by atoms with Gasteiger partial charge in [-0.15, -0.1) is 10.2 Å². The molecule has 0 unspecified atom stereocenters. The number of hydrogen-bond acceptors (Lipinski definition) is 6. The van der Waals surface area contributed by atoms with E-state index < -0.39 is 24.3 Å². The molecule has 0 atom stereocenters. The summed E-state index contributed by atoms with van der Waals surface area (Å²) in [5, 5.41) is 12.1. The first-order valence-corrected chi connectivity index (χ1v) is 9.00. The van der Waals surface area contributed by atoms with Gasteiger partial charge >= 0.3 is 0 Å². The largest absolute Gasteiger partial charge is 0.299 e. The van der Waals surface area contributed by atoms with Crippen LogP contribution in [0.1, 0.15) is 44.5 Å². The zero-order chi connectivity index (χ0) is 17.7. The van der Waals surface area contributed by atoms with E-state index in [1.165, 1.54) is 23.5 Å². The number of carbonyl (C=O) groups is 3. The Kier molecular flexibility index (Phi) is 3.98. The SMILES string of the molecule is O=C(CN1C(=O)c2cc(Cl)c(Cl)cc2C1=O)Nc1nnc(C2CC2)s1. The molecule has 25 heavy (non-hydrogen) atoms. The fourth-order valence-electron chi connectivity index (χ4n) is 2.51. The molecule has 0 spiro atoms. The third-order valence-electron chi connectivity index (χ3n) is 3.93. The molecule has 3 amide bonds. The highest BCUT2D eigenvalue weighted by molar-refractivity contribution is 7.15. The van der Waals surface area contributed by atoms with Crippen molar-refractivity contribution in [2.75, 3.05) is 11.9 Å². The van der Waals surface area contributed by atoms with Crippen molar-refractivity contribution in [2.45, 2.75) is 18.8 Å². The van der Waals surface area contributed by atoms with Crippen LogP contribution >= 0.6 is 34.5 Å². The fraction of sp³-hybridized carbons (Fsp3) is 0.267. The number of hydrogen-bond donors (Lipinski definition) is 1. The Labute approximate surface area is 155 Å². The van der Waals surface area contributed by atoms with Gasteiger partial charge in [0, 0.05) is 5.92 Å². The van der Waals surface area contributed by atoms with E-state index in [4.69, 9.17) is 23.2 Å². The normalized spacial score (nSPS) is 16.3. The van der Waals surface area contributed by atoms with Crippen molar-refractivity contribution in [3.05, 3.63) is 38.3 Å². The van der Waals surface area contributed by atoms with E-state index in [0.29, 0.717) is 11.0 Å². The standard InChI is InChI=1S/C15H10Cl2N4O3S/c16-9-3-7-8(4-10(9)17)14(24)21(13(7)23)5-11(22)18-15-20-19-12(25-15)6-1-2-6/h3-4,6H,1-2,5H2,(H,18,20,22). The van der Waals surface area contributed by atoms with E-state index in [1.807, 2.05) is 0 Å². The van der Waals surface area contributed by atoms with Crippen LogP contribution in [-0.2, 0) is 4.79 Å². The average Bonchev–Trinajstić information content (AvgIpc) is 3.29. The van der Waals surface area contributed by atoms with Crippen molar-refractivity contribution in [1.82, 2.24) is 15.1 Å². The molecule has 128 valence electrons. The molecule has 1 aromatic heterocycles. The molecular formula is C15H10Cl2N4O3S. The molecule has 2 heterocycles. The highest BCUT2D eigenvalue weighted by Crippen LogP contribution is 2.42. The predicted molar refractivity (Wildman–Crippen MR) is 92.3 cm³/mol. The summed E-state index contributed by atoms with van der Waals surface area (Å²) in [6.07, 6.45) is 2.17. The van der Waals surface area contributed by atoms with Crippen LogP contribution in [0.4, 0.5) is 5.13 Å². The van der Waals surface area contributed by atoms with Gasteiger partial charge in [-0.1, -0.05) is 34.5 Å². The molecule has 2 aromatic rings. The van der Waals surface area contributed by atoms with Crippen LogP contribution in [0.5, 0.6) is 0 Å². The lowest BCUT2D eigenvalue weighted by Crippen LogP contribution is -2.37. The summed E-state index contributed by atoms with van der Waals surface area (Å²) in [7, 11) is 0. The number of benzene rings is 1. The highest BCUT2D eigenvalue weighted by Gasteiger charge is 2.37. The van der Waals surface area contributed by atoms with Crippen molar-refractivity contribution in [3.8, 4) is 0 Å². The zero-order valence-electron chi connectivity index (χ0n) is 12.6. The first kappa shape index (κ1) is 16.4. The summed E-state index contributed by atoms with van der Waals surface area (Å²) in [5.41, 5.74) is 0.276. The number of imide groups is 1. The van der Waals surface area contributed by atoms with E-state index in [1.54, 1.807) is 0 Å². The Morgan fingerprint density at radius 3 is 2.32 bits per heavy atom. The van der Waals surface area contributed by atoms with Gasteiger partial charge in [-0.2, -0.15) is 0 Å². The van der Waals surface area contributed by atoms with Crippen molar-refractivity contribution in [2.24, 2.45) is 0 Å². The lowest BCUT2D eigenvalue weighted by molar-refractivity contribution is -0.116. The second-order valence-electron chi connectivity index (χ2n) is 5.78. The number of anilines is 1. The van der Waals surface area contributed by atoms with E-state index in [2.05, 4.69) is 15.5 Å². The maximum absolute atomic E-state index is 12.4. The molecule has 1 N–H and O–H groups in total. The van der Waals surface area contributed by atoms with Gasteiger partial charge in [0.1, 0.15) is 11.6 Å². The minimum atomic E-state index is -0.579. The predicted octanol–water partition coefficient (Wildman–Crippen LogP) is 2.96. The zero-order valence-corrected chi connectivity index (χ0v) is 14.9. The molecule has 4 rings (SSSR count). The number of aromatic nitrogens is 2. The summed E-state index contributed by atoms with van der Waals surface area (Å²) < 4.78 is 0. The second kappa shape index (κ2) is 6.05. The number of nitrogens with one attached hydrogen (secondary N) is 1. The van der Waals surface area contributed by atoms with Gasteiger partial charge in [0.2, 0.25) is 11.0 Å². The number of nitrogens with zero attached hydrogens (tertiary/aromatic N) is 3. The molecule has 1 aromatic carbocycles. The minimum absolute atomic E-state index is 0.138. The molecule has 1 aliphatic heterocycles. The summed E-state index contributed by atoms with van der Waals surface area (Å²) in [4.78, 5) is 37.7. The van der Waals surface area contributed by atoms with Gasteiger partial charge in [-0.3, -0.25) is 24.6 Å². The molecule has 0 radical (unpaired) electrons. The van der Waals surface area contributed by atoms with Crippen molar-refractivity contribution >= 4 is 57.4 Å². The monoisotopic (exact) mass is 396 g/mol. The summed E-state index contributed by atoms with van der Waals surface area (Å²) in [6.45, 7) is -0.417. The van der Waals surface area contributed by atoms with E-state index in [-0.39, 0.29) is 21.2 Å². The Morgan fingerprint density at radius 2 is 1.76 bits per heavy atom. The van der Waals surface area contributed by atoms with Crippen molar-refractivity contribution in [1.29, 1.82) is 0 Å². The first-order chi connectivity index (χ1) is 11.9. The van der Waals surface area contributed by atoms with E-state index >= 15 is 0 Å². The van der Waals surface area contributed by atoms with E-state index in [0.717, 1.165) is 22.7 Å². The van der Waals surface area contributed by atoms with Gasteiger partial charge in [0.05, 0.1) is 21.2 Å². The number of amides is 3. The van der Waals surface area contributed by atoms with Gasteiger partial charge in [0.15, 0.2) is 0 Å². The van der Waals surface area contributed by atoms with Crippen molar-refractivity contribution < 1.29 is 14.4 Å². The number of carbonyl (C=O) groups excluding carboxylic acids is 3. The first-order valence-electron chi connectivity index (χ1n) is 7.42. The fourth-order valence-corrected chi connectivity index (χ4v) is 3.77. The van der Waals surface area contributed by atoms with Crippen LogP contribution in [0.25, 0.3) is 0 Å². The lowest BCUT2D eigenvalue weighted by Gasteiger charge is -2.12. The molecule has 1 saturated carbocycles. The summed E-state index contributed by atoms with van der Waals surface area (Å²) >= 11 is 13.1. The molecule has 0 saturated heterocycles. The molecule has 1 aliphatic carbocycles. The highest BCUT2D eigenvalue weighted by atomic mass is 35.5. The maximum atomic E-state index is 12.4. The maximum Gasteiger partial charge on any atom is 0.262 e. The quantitative estimate of drug-likeness (QED) is 0.801. The second-order valence-corrected chi connectivity index (χ2v) is 7.60. The van der Waals surface area contributed by atoms with Crippen LogP contribution in [-0.4, -0.2) is 39.4 Å². The molecule has 7 nitrogen and oxygen atoms in total. The molecule has 1 fully saturated rings. The molecular weight excluding hydrogens is 387 g/mol. The molecule has 2 aliphatic rings. The Bertz CT molecular complexity index is 884. The number of fused-ring (bicyclic) bond motifs is 1. The number of rotatable bonds is 4. The Balaban J connectivity index is 1.47. The average molecular weight is 397 g/mol. The minimum Gasteiger partial charge on any atom is -0.299 e. The number of halogens is 2. The van der Waals surface area contributed by atoms with Crippen LogP contribution in [0.2, 0.25) is 10.0 Å². The van der Waals surface area contributed by atoms with Crippen LogP contribution in [0.3, 0.4) is 0 Å². The summed E-state index contributed by atoms with van der Waals surface area (Å²) in [6, 6.07) is 2.67. The van der Waals surface area contributed by atoms with Gasteiger partial charge in [0.25, 0.3) is 11.8 Å². The van der Waals surface area contributed by atoms with E-state index in [9.17, 15) is 14.4 Å². The van der Waals surface area contributed by atoms with Crippen molar-refractivity contribution in [3.63, 3.8) is 0 Å². The Morgan fingerprint density at radius 1 is 1.16 bits per heavy atom. The summed E-state index contributed by atoms with van der Waals surface area (Å²) in [5.74, 6) is -1.24. The van der Waals surface area contributed by atoms with Gasteiger partial charge in [-0.05, 0) is 25.0 Å². The van der Waals surface area contributed by atoms with Crippen LogP contribution in [0, 0.1) is 0 Å². The molecule has 0 bridgehead atoms. The smallest absolute Gasteiger partial charge is 0.262 e. The molecule has 10 heteroatoms. The Hall–Kier alpha value is -2.03. The van der Waals surface area contributed by atoms with Crippen LogP contribution < -0.4 is 5.32 Å². The van der Waals surface area contributed by atoms with Gasteiger partial charge in [-0.25, -0.2) is 0 Å². The third-order valence-corrected chi connectivity index (χ3v) is 5.65. The third kappa shape index (κ3) is 3.01.